The van der Waals surface area contributed by atoms with Crippen molar-refractivity contribution in [2.45, 2.75) is 19.3 Å². The molecule has 0 fully saturated rings. The summed E-state index contributed by atoms with van der Waals surface area (Å²) in [5.41, 5.74) is 8.23. The number of nitrogens with two attached hydrogens (primary N) is 1. The molecule has 0 radical (unpaired) electrons. The molecule has 0 unspecified atom stereocenters. The molecule has 2 N–H and O–H groups in total. The quantitative estimate of drug-likeness (QED) is 0.656. The van der Waals surface area contributed by atoms with Gasteiger partial charge in [-0.05, 0) is 25.3 Å². The van der Waals surface area contributed by atoms with Gasteiger partial charge in [0.15, 0.2) is 5.82 Å². The van der Waals surface area contributed by atoms with Crippen LogP contribution in [0.3, 0.4) is 0 Å². The number of aryl methyl sites for hydroxylation is 1. The molecule has 0 saturated carbocycles. The Morgan fingerprint density at radius 2 is 2.00 bits per heavy atom. The molecular weight excluding hydrogens is 244 g/mol. The van der Waals surface area contributed by atoms with Gasteiger partial charge in [0.05, 0.1) is 10.5 Å². The number of hydrogen-bond donors (Lipinski definition) is 1. The number of fused-ring (bicyclic) bond motifs is 1. The minimum atomic E-state index is -0.428. The molecule has 1 aromatic carbocycles. The van der Waals surface area contributed by atoms with Crippen molar-refractivity contribution in [1.29, 1.82) is 0 Å². The number of para-hydroxylation sites is 1. The highest BCUT2D eigenvalue weighted by Crippen LogP contribution is 2.31. The van der Waals surface area contributed by atoms with Crippen molar-refractivity contribution in [1.82, 2.24) is 9.97 Å². The van der Waals surface area contributed by atoms with Gasteiger partial charge in [-0.2, -0.15) is 0 Å². The van der Waals surface area contributed by atoms with E-state index >= 15 is 0 Å². The van der Waals surface area contributed by atoms with Crippen LogP contribution in [-0.2, 0) is 12.8 Å². The van der Waals surface area contributed by atoms with Crippen LogP contribution >= 0.6 is 0 Å². The number of aromatic nitrogens is 2. The molecule has 3 rings (SSSR count). The maximum Gasteiger partial charge on any atom is 0.280 e. The molecule has 6 nitrogen and oxygen atoms in total. The van der Waals surface area contributed by atoms with E-state index in [4.69, 9.17) is 5.73 Å². The van der Waals surface area contributed by atoms with Crippen LogP contribution in [-0.4, -0.2) is 14.9 Å². The lowest BCUT2D eigenvalue weighted by Crippen LogP contribution is -2.04. The van der Waals surface area contributed by atoms with Gasteiger partial charge < -0.3 is 5.73 Å². The van der Waals surface area contributed by atoms with Crippen LogP contribution in [0.4, 0.5) is 11.5 Å². The van der Waals surface area contributed by atoms with Crippen LogP contribution in [0.25, 0.3) is 11.4 Å². The molecule has 1 aromatic heterocycles. The summed E-state index contributed by atoms with van der Waals surface area (Å²) < 4.78 is 0. The van der Waals surface area contributed by atoms with Crippen LogP contribution < -0.4 is 5.73 Å². The highest BCUT2D eigenvalue weighted by atomic mass is 16.6. The Labute approximate surface area is 109 Å². The molecule has 6 heteroatoms. The molecule has 96 valence electrons. The van der Waals surface area contributed by atoms with E-state index in [9.17, 15) is 10.1 Å². The van der Waals surface area contributed by atoms with Crippen molar-refractivity contribution < 1.29 is 4.92 Å². The highest BCUT2D eigenvalue weighted by Gasteiger charge is 2.22. The molecule has 0 spiro atoms. The molecule has 1 heterocycles. The monoisotopic (exact) mass is 256 g/mol. The zero-order chi connectivity index (χ0) is 13.4. The zero-order valence-electron chi connectivity index (χ0n) is 10.2. The first kappa shape index (κ1) is 11.6. The van der Waals surface area contributed by atoms with Gasteiger partial charge in [0.1, 0.15) is 5.82 Å². The first-order valence-corrected chi connectivity index (χ1v) is 6.06. The number of nitro groups is 1. The predicted molar refractivity (Wildman–Crippen MR) is 70.6 cm³/mol. The molecular formula is C13H12N4O2. The Kier molecular flexibility index (Phi) is 2.63. The van der Waals surface area contributed by atoms with Crippen LogP contribution in [0.5, 0.6) is 0 Å². The van der Waals surface area contributed by atoms with Crippen molar-refractivity contribution in [2.24, 2.45) is 0 Å². The Morgan fingerprint density at radius 1 is 1.21 bits per heavy atom. The van der Waals surface area contributed by atoms with Gasteiger partial charge in [-0.1, -0.05) is 12.1 Å². The lowest BCUT2D eigenvalue weighted by atomic mass is 10.1. The van der Waals surface area contributed by atoms with Gasteiger partial charge in [0, 0.05) is 17.3 Å². The van der Waals surface area contributed by atoms with Gasteiger partial charge in [0.25, 0.3) is 5.69 Å². The molecule has 19 heavy (non-hydrogen) atoms. The summed E-state index contributed by atoms with van der Waals surface area (Å²) in [6.45, 7) is 0. The highest BCUT2D eigenvalue weighted by molar-refractivity contribution is 5.69. The first-order valence-electron chi connectivity index (χ1n) is 6.06. The van der Waals surface area contributed by atoms with Crippen molar-refractivity contribution in [3.05, 3.63) is 45.6 Å². The molecule has 0 bridgehead atoms. The summed E-state index contributed by atoms with van der Waals surface area (Å²) in [6, 6.07) is 6.45. The fourth-order valence-corrected chi connectivity index (χ4v) is 2.40. The van der Waals surface area contributed by atoms with Crippen LogP contribution in [0.15, 0.2) is 24.3 Å². The standard InChI is InChI=1S/C13H12N4O2/c14-12-8-5-3-6-10(8)15-13(16-12)9-4-1-2-7-11(9)17(18)19/h1-2,4,7H,3,5-6H2,(H2,14,15,16). The first-order chi connectivity index (χ1) is 9.16. The van der Waals surface area contributed by atoms with Crippen LogP contribution in [0.1, 0.15) is 17.7 Å². The van der Waals surface area contributed by atoms with Gasteiger partial charge in [-0.15, -0.1) is 0 Å². The summed E-state index contributed by atoms with van der Waals surface area (Å²) in [7, 11) is 0. The number of rotatable bonds is 2. The van der Waals surface area contributed by atoms with E-state index in [0.29, 0.717) is 17.2 Å². The Hall–Kier alpha value is -2.50. The summed E-state index contributed by atoms with van der Waals surface area (Å²) in [5, 5.41) is 11.0. The second-order valence-corrected chi connectivity index (χ2v) is 4.49. The average Bonchev–Trinajstić information content (AvgIpc) is 2.87. The minimum absolute atomic E-state index is 0.000142. The molecule has 0 aliphatic heterocycles. The van der Waals surface area contributed by atoms with E-state index in [-0.39, 0.29) is 5.69 Å². The Bertz CT molecular complexity index is 670. The topological polar surface area (TPSA) is 94.9 Å². The van der Waals surface area contributed by atoms with Gasteiger partial charge in [0.2, 0.25) is 0 Å². The van der Waals surface area contributed by atoms with Crippen LogP contribution in [0.2, 0.25) is 0 Å². The predicted octanol–water partition coefficient (Wildman–Crippen LogP) is 2.12. The van der Waals surface area contributed by atoms with Crippen molar-refractivity contribution >= 4 is 11.5 Å². The SMILES string of the molecule is Nc1nc(-c2ccccc2[N+](=O)[O-])nc2c1CCC2. The van der Waals surface area contributed by atoms with E-state index < -0.39 is 4.92 Å². The smallest absolute Gasteiger partial charge is 0.280 e. The van der Waals surface area contributed by atoms with Gasteiger partial charge in [-0.3, -0.25) is 10.1 Å². The molecule has 0 amide bonds. The Morgan fingerprint density at radius 3 is 2.79 bits per heavy atom. The van der Waals surface area contributed by atoms with Gasteiger partial charge >= 0.3 is 0 Å². The molecule has 1 aliphatic carbocycles. The van der Waals surface area contributed by atoms with Gasteiger partial charge in [-0.25, -0.2) is 9.97 Å². The third-order valence-electron chi connectivity index (χ3n) is 3.31. The van der Waals surface area contributed by atoms with Crippen LogP contribution in [0, 0.1) is 10.1 Å². The van der Waals surface area contributed by atoms with E-state index in [1.165, 1.54) is 6.07 Å². The Balaban J connectivity index is 2.18. The summed E-state index contributed by atoms with van der Waals surface area (Å²) in [5.74, 6) is 0.779. The van der Waals surface area contributed by atoms with Crippen molar-refractivity contribution in [3.63, 3.8) is 0 Å². The maximum atomic E-state index is 11.0. The molecule has 1 aliphatic rings. The summed E-state index contributed by atoms with van der Waals surface area (Å²) in [6.07, 6.45) is 2.75. The minimum Gasteiger partial charge on any atom is -0.383 e. The normalized spacial score (nSPS) is 13.3. The number of anilines is 1. The van der Waals surface area contributed by atoms with Crippen molar-refractivity contribution in [2.75, 3.05) is 5.73 Å². The zero-order valence-corrected chi connectivity index (χ0v) is 10.2. The largest absolute Gasteiger partial charge is 0.383 e. The summed E-state index contributed by atoms with van der Waals surface area (Å²) in [4.78, 5) is 19.3. The third-order valence-corrected chi connectivity index (χ3v) is 3.31. The van der Waals surface area contributed by atoms with Crippen molar-refractivity contribution in [3.8, 4) is 11.4 Å². The second kappa shape index (κ2) is 4.31. The summed E-state index contributed by atoms with van der Waals surface area (Å²) >= 11 is 0. The van der Waals surface area contributed by atoms with E-state index in [0.717, 1.165) is 30.5 Å². The fraction of sp³-hybridized carbons (Fsp3) is 0.231. The number of hydrogen-bond acceptors (Lipinski definition) is 5. The number of nitrogen functional groups attached to an aromatic ring is 1. The lowest BCUT2D eigenvalue weighted by molar-refractivity contribution is -0.384. The fourth-order valence-electron chi connectivity index (χ4n) is 2.40. The molecule has 0 saturated heterocycles. The maximum absolute atomic E-state index is 11.0. The van der Waals surface area contributed by atoms with E-state index in [2.05, 4.69) is 9.97 Å². The second-order valence-electron chi connectivity index (χ2n) is 4.49. The number of nitro benzene ring substituents is 1. The lowest BCUT2D eigenvalue weighted by Gasteiger charge is -2.07. The number of benzene rings is 1. The van der Waals surface area contributed by atoms with E-state index in [1.54, 1.807) is 18.2 Å². The molecule has 0 atom stereocenters. The van der Waals surface area contributed by atoms with E-state index in [1.807, 2.05) is 0 Å². The third kappa shape index (κ3) is 1.91. The number of nitrogens with zero attached hydrogens (tertiary/aromatic N) is 3. The molecule has 2 aromatic rings. The average molecular weight is 256 g/mol.